The van der Waals surface area contributed by atoms with E-state index in [0.29, 0.717) is 23.2 Å². The van der Waals surface area contributed by atoms with Crippen LogP contribution < -0.4 is 5.32 Å². The lowest BCUT2D eigenvalue weighted by Gasteiger charge is -2.33. The van der Waals surface area contributed by atoms with Crippen molar-refractivity contribution in [1.29, 1.82) is 0 Å². The van der Waals surface area contributed by atoms with Crippen molar-refractivity contribution in [2.75, 3.05) is 32.8 Å². The number of hydrogen-bond acceptors (Lipinski definition) is 3. The van der Waals surface area contributed by atoms with Gasteiger partial charge in [0.1, 0.15) is 0 Å². The first-order valence-electron chi connectivity index (χ1n) is 11.2. The lowest BCUT2D eigenvalue weighted by molar-refractivity contribution is 0.150. The summed E-state index contributed by atoms with van der Waals surface area (Å²) >= 11 is 12.3. The molecule has 31 heavy (non-hydrogen) atoms. The molecule has 1 amide bonds. The number of rotatable bonds is 9. The fourth-order valence-corrected chi connectivity index (χ4v) is 4.55. The van der Waals surface area contributed by atoms with Crippen LogP contribution in [0.25, 0.3) is 0 Å². The van der Waals surface area contributed by atoms with Gasteiger partial charge in [-0.05, 0) is 81.4 Å². The molecular formula is C25H32Cl2N2O2. The largest absolute Gasteiger partial charge is 0.450 e. The highest BCUT2D eigenvalue weighted by atomic mass is 35.5. The summed E-state index contributed by atoms with van der Waals surface area (Å²) in [5, 5.41) is 3.97. The molecule has 0 bridgehead atoms. The van der Waals surface area contributed by atoms with Crippen LogP contribution in [0.1, 0.15) is 43.2 Å². The topological polar surface area (TPSA) is 41.6 Å². The van der Waals surface area contributed by atoms with Crippen LogP contribution in [0, 0.1) is 5.92 Å². The number of nitrogens with zero attached hydrogens (tertiary/aromatic N) is 1. The van der Waals surface area contributed by atoms with Crippen LogP contribution in [0.15, 0.2) is 48.5 Å². The average molecular weight is 463 g/mol. The second-order valence-electron chi connectivity index (χ2n) is 8.24. The maximum absolute atomic E-state index is 11.8. The second kappa shape index (κ2) is 12.3. The van der Waals surface area contributed by atoms with Gasteiger partial charge in [0.15, 0.2) is 0 Å². The first-order chi connectivity index (χ1) is 15.0. The Morgan fingerprint density at radius 1 is 1.13 bits per heavy atom. The minimum Gasteiger partial charge on any atom is -0.450 e. The first-order valence-corrected chi connectivity index (χ1v) is 11.9. The number of nitrogens with one attached hydrogen (secondary N) is 1. The summed E-state index contributed by atoms with van der Waals surface area (Å²) in [6.07, 6.45) is 4.19. The van der Waals surface area contributed by atoms with E-state index in [1.807, 2.05) is 18.2 Å². The summed E-state index contributed by atoms with van der Waals surface area (Å²) < 4.78 is 5.02. The maximum atomic E-state index is 11.8. The third-order valence-electron chi connectivity index (χ3n) is 6.05. The minimum absolute atomic E-state index is 0.154. The molecule has 0 aromatic heterocycles. The van der Waals surface area contributed by atoms with Gasteiger partial charge in [-0.1, -0.05) is 59.6 Å². The van der Waals surface area contributed by atoms with Crippen LogP contribution in [-0.2, 0) is 11.2 Å². The molecule has 0 aliphatic carbocycles. The van der Waals surface area contributed by atoms with E-state index in [0.717, 1.165) is 37.5 Å². The predicted molar refractivity (Wildman–Crippen MR) is 128 cm³/mol. The first kappa shape index (κ1) is 23.9. The molecule has 3 rings (SSSR count). The van der Waals surface area contributed by atoms with Crippen molar-refractivity contribution in [1.82, 2.24) is 10.2 Å². The van der Waals surface area contributed by atoms with Gasteiger partial charge in [-0.15, -0.1) is 0 Å². The number of carbonyl (C=O) groups is 1. The fraction of sp³-hybridized carbons (Fsp3) is 0.480. The number of carbonyl (C=O) groups excluding carboxylic acids is 1. The highest BCUT2D eigenvalue weighted by Crippen LogP contribution is 2.29. The van der Waals surface area contributed by atoms with E-state index < -0.39 is 0 Å². The molecule has 1 aliphatic rings. The van der Waals surface area contributed by atoms with E-state index in [1.54, 1.807) is 6.92 Å². The van der Waals surface area contributed by atoms with Crippen molar-refractivity contribution in [2.45, 2.75) is 38.5 Å². The number of alkyl carbamates (subject to hydrolysis) is 1. The lowest BCUT2D eigenvalue weighted by Crippen LogP contribution is -2.36. The number of hydrogen-bond donors (Lipinski definition) is 1. The number of likely N-dealkylation sites (tertiary alicyclic amines) is 1. The summed E-state index contributed by atoms with van der Waals surface area (Å²) in [5.74, 6) is 0.913. The van der Waals surface area contributed by atoms with E-state index in [4.69, 9.17) is 27.9 Å². The third-order valence-corrected chi connectivity index (χ3v) is 6.79. The van der Waals surface area contributed by atoms with Gasteiger partial charge in [0.2, 0.25) is 0 Å². The zero-order chi connectivity index (χ0) is 22.1. The van der Waals surface area contributed by atoms with E-state index in [2.05, 4.69) is 40.5 Å². The zero-order valence-electron chi connectivity index (χ0n) is 18.2. The van der Waals surface area contributed by atoms with Crippen LogP contribution in [-0.4, -0.2) is 43.8 Å². The molecule has 168 valence electrons. The molecule has 1 aliphatic heterocycles. The van der Waals surface area contributed by atoms with Gasteiger partial charge in [0, 0.05) is 12.5 Å². The summed E-state index contributed by atoms with van der Waals surface area (Å²) in [6.45, 7) is 5.92. The summed E-state index contributed by atoms with van der Waals surface area (Å²) in [6, 6.07) is 16.5. The quantitative estimate of drug-likeness (QED) is 0.484. The SMILES string of the molecule is CCOC(=O)NCC(CCN1CCC(Cc2ccccc2)CC1)c1ccc(Cl)c(Cl)c1. The number of ether oxygens (including phenoxy) is 1. The Bertz CT molecular complexity index is 824. The monoisotopic (exact) mass is 462 g/mol. The van der Waals surface area contributed by atoms with Crippen molar-refractivity contribution >= 4 is 29.3 Å². The molecule has 4 nitrogen and oxygen atoms in total. The number of halogens is 2. The Kier molecular flexibility index (Phi) is 9.51. The predicted octanol–water partition coefficient (Wildman–Crippen LogP) is 6.17. The Morgan fingerprint density at radius 2 is 1.87 bits per heavy atom. The summed E-state index contributed by atoms with van der Waals surface area (Å²) in [7, 11) is 0. The van der Waals surface area contributed by atoms with E-state index in [1.165, 1.54) is 24.8 Å². The van der Waals surface area contributed by atoms with Gasteiger partial charge in [-0.2, -0.15) is 0 Å². The van der Waals surface area contributed by atoms with E-state index in [-0.39, 0.29) is 12.0 Å². The van der Waals surface area contributed by atoms with E-state index in [9.17, 15) is 4.79 Å². The molecular weight excluding hydrogens is 431 g/mol. The highest BCUT2D eigenvalue weighted by Gasteiger charge is 2.21. The van der Waals surface area contributed by atoms with Gasteiger partial charge in [-0.25, -0.2) is 4.79 Å². The summed E-state index contributed by atoms with van der Waals surface area (Å²) in [5.41, 5.74) is 2.52. The molecule has 1 atom stereocenters. The standard InChI is InChI=1S/C25H32Cl2N2O2/c1-2-31-25(30)28-18-22(21-8-9-23(26)24(27)17-21)12-15-29-13-10-20(11-14-29)16-19-6-4-3-5-7-19/h3-9,17,20,22H,2,10-16,18H2,1H3,(H,28,30). The Labute approximate surface area is 195 Å². The van der Waals surface area contributed by atoms with Crippen LogP contribution in [0.3, 0.4) is 0 Å². The molecule has 1 heterocycles. The zero-order valence-corrected chi connectivity index (χ0v) is 19.7. The van der Waals surface area contributed by atoms with Gasteiger partial charge < -0.3 is 15.0 Å². The van der Waals surface area contributed by atoms with Crippen LogP contribution in [0.2, 0.25) is 10.0 Å². The van der Waals surface area contributed by atoms with Crippen molar-refractivity contribution in [3.63, 3.8) is 0 Å². The maximum Gasteiger partial charge on any atom is 0.407 e. The molecule has 2 aromatic rings. The molecule has 1 fully saturated rings. The van der Waals surface area contributed by atoms with Gasteiger partial charge >= 0.3 is 6.09 Å². The van der Waals surface area contributed by atoms with Gasteiger partial charge in [0.25, 0.3) is 0 Å². The van der Waals surface area contributed by atoms with E-state index >= 15 is 0 Å². The number of benzene rings is 2. The molecule has 1 saturated heterocycles. The number of amides is 1. The molecule has 2 aromatic carbocycles. The fourth-order valence-electron chi connectivity index (χ4n) is 4.24. The molecule has 0 radical (unpaired) electrons. The molecule has 1 unspecified atom stereocenters. The summed E-state index contributed by atoms with van der Waals surface area (Å²) in [4.78, 5) is 14.3. The lowest BCUT2D eigenvalue weighted by atomic mass is 9.89. The van der Waals surface area contributed by atoms with Crippen molar-refractivity contribution in [3.8, 4) is 0 Å². The molecule has 1 N–H and O–H groups in total. The van der Waals surface area contributed by atoms with Crippen LogP contribution >= 0.6 is 23.2 Å². The molecule has 6 heteroatoms. The molecule has 0 saturated carbocycles. The van der Waals surface area contributed by atoms with Crippen LogP contribution in [0.5, 0.6) is 0 Å². The highest BCUT2D eigenvalue weighted by molar-refractivity contribution is 6.42. The number of piperidine rings is 1. The normalized spacial score (nSPS) is 16.1. The third kappa shape index (κ3) is 7.71. The smallest absolute Gasteiger partial charge is 0.407 e. The Balaban J connectivity index is 1.52. The minimum atomic E-state index is -0.380. The second-order valence-corrected chi connectivity index (χ2v) is 9.05. The average Bonchev–Trinajstić information content (AvgIpc) is 2.78. The van der Waals surface area contributed by atoms with Crippen molar-refractivity contribution in [2.24, 2.45) is 5.92 Å². The molecule has 0 spiro atoms. The van der Waals surface area contributed by atoms with Crippen molar-refractivity contribution in [3.05, 3.63) is 69.7 Å². The Morgan fingerprint density at radius 3 is 2.55 bits per heavy atom. The van der Waals surface area contributed by atoms with Crippen LogP contribution in [0.4, 0.5) is 4.79 Å². The van der Waals surface area contributed by atoms with Gasteiger partial charge in [-0.3, -0.25) is 0 Å². The van der Waals surface area contributed by atoms with Gasteiger partial charge in [0.05, 0.1) is 16.7 Å². The Hall–Kier alpha value is -1.75. The van der Waals surface area contributed by atoms with Crippen molar-refractivity contribution < 1.29 is 9.53 Å².